The number of thiophene rings is 1. The van der Waals surface area contributed by atoms with E-state index in [0.717, 1.165) is 55.3 Å². The molecule has 2 aliphatic rings. The largest absolute Gasteiger partial charge is 0.462 e. The van der Waals surface area contributed by atoms with Crippen molar-refractivity contribution >= 4 is 40.0 Å². The Hall–Kier alpha value is -1.91. The molecular formula is C22H30N4O4S2. The first-order valence-corrected chi connectivity index (χ1v) is 13.1. The molecule has 1 amide bonds. The molecule has 0 spiro atoms. The van der Waals surface area contributed by atoms with Crippen molar-refractivity contribution in [2.24, 2.45) is 0 Å². The molecule has 174 valence electrons. The molecule has 4 rings (SSSR count). The Morgan fingerprint density at radius 1 is 1.31 bits per heavy atom. The summed E-state index contributed by atoms with van der Waals surface area (Å²) in [4.78, 5) is 26.5. The van der Waals surface area contributed by atoms with Gasteiger partial charge in [-0.25, -0.2) is 4.79 Å². The van der Waals surface area contributed by atoms with Crippen LogP contribution in [0.25, 0.3) is 0 Å². The smallest absolute Gasteiger partial charge is 0.341 e. The lowest BCUT2D eigenvalue weighted by Gasteiger charge is -2.16. The van der Waals surface area contributed by atoms with E-state index in [0.29, 0.717) is 23.7 Å². The minimum Gasteiger partial charge on any atom is -0.462 e. The van der Waals surface area contributed by atoms with Crippen LogP contribution in [-0.2, 0) is 33.7 Å². The summed E-state index contributed by atoms with van der Waals surface area (Å²) in [5, 5.41) is 13.0. The second-order valence-electron chi connectivity index (χ2n) is 8.36. The van der Waals surface area contributed by atoms with Crippen LogP contribution < -0.4 is 5.32 Å². The van der Waals surface area contributed by atoms with Crippen molar-refractivity contribution in [2.75, 3.05) is 24.3 Å². The monoisotopic (exact) mass is 478 g/mol. The third-order valence-electron chi connectivity index (χ3n) is 5.66. The highest BCUT2D eigenvalue weighted by molar-refractivity contribution is 7.99. The van der Waals surface area contributed by atoms with E-state index >= 15 is 0 Å². The van der Waals surface area contributed by atoms with Crippen LogP contribution in [0.3, 0.4) is 0 Å². The fourth-order valence-corrected chi connectivity index (χ4v) is 6.25. The maximum atomic E-state index is 12.8. The molecular weight excluding hydrogens is 448 g/mol. The number of thioether (sulfide) groups is 1. The summed E-state index contributed by atoms with van der Waals surface area (Å²) in [5.74, 6) is 0.799. The van der Waals surface area contributed by atoms with Gasteiger partial charge in [-0.05, 0) is 44.6 Å². The first kappa shape index (κ1) is 23.3. The maximum Gasteiger partial charge on any atom is 0.341 e. The molecule has 1 saturated heterocycles. The second kappa shape index (κ2) is 10.4. The molecule has 2 aromatic rings. The summed E-state index contributed by atoms with van der Waals surface area (Å²) in [5.41, 5.74) is 1.57. The van der Waals surface area contributed by atoms with Crippen LogP contribution in [0.2, 0.25) is 0 Å². The molecule has 10 heteroatoms. The summed E-state index contributed by atoms with van der Waals surface area (Å²) in [7, 11) is 0. The van der Waals surface area contributed by atoms with Gasteiger partial charge in [0.05, 0.1) is 30.6 Å². The van der Waals surface area contributed by atoms with Gasteiger partial charge in [0.25, 0.3) is 0 Å². The Morgan fingerprint density at radius 3 is 2.88 bits per heavy atom. The van der Waals surface area contributed by atoms with Crippen molar-refractivity contribution in [1.82, 2.24) is 14.8 Å². The Bertz CT molecular complexity index is 979. The second-order valence-corrected chi connectivity index (χ2v) is 10.4. The average Bonchev–Trinajstić information content (AvgIpc) is 3.51. The quantitative estimate of drug-likeness (QED) is 0.429. The van der Waals surface area contributed by atoms with Crippen LogP contribution in [0, 0.1) is 0 Å². The molecule has 0 saturated carbocycles. The normalized spacial score (nSPS) is 17.7. The van der Waals surface area contributed by atoms with E-state index in [9.17, 15) is 9.59 Å². The lowest BCUT2D eigenvalue weighted by Crippen LogP contribution is -2.20. The van der Waals surface area contributed by atoms with Crippen LogP contribution in [0.15, 0.2) is 5.16 Å². The van der Waals surface area contributed by atoms with E-state index < -0.39 is 0 Å². The van der Waals surface area contributed by atoms with Crippen molar-refractivity contribution in [2.45, 2.75) is 76.6 Å². The molecule has 0 radical (unpaired) electrons. The molecule has 1 unspecified atom stereocenters. The number of nitrogens with one attached hydrogen (secondary N) is 1. The molecule has 3 heterocycles. The standard InChI is InChI=1S/C22H30N4O4S2/c1-4-29-21(28)18-15-8-5-9-16(15)32-20(18)23-17(27)12-31-22-25-24-19(13(2)3)26(22)11-14-7-6-10-30-14/h13-14H,4-12H2,1-3H3,(H,23,27). The average molecular weight is 479 g/mol. The zero-order valence-corrected chi connectivity index (χ0v) is 20.4. The Balaban J connectivity index is 1.44. The van der Waals surface area contributed by atoms with Crippen molar-refractivity contribution in [3.05, 3.63) is 21.8 Å². The van der Waals surface area contributed by atoms with Crippen LogP contribution in [0.1, 0.15) is 72.6 Å². The van der Waals surface area contributed by atoms with E-state index in [1.165, 1.54) is 28.0 Å². The van der Waals surface area contributed by atoms with Gasteiger partial charge in [-0.3, -0.25) is 4.79 Å². The topological polar surface area (TPSA) is 95.3 Å². The summed E-state index contributed by atoms with van der Waals surface area (Å²) in [6.45, 7) is 7.77. The number of aromatic nitrogens is 3. The van der Waals surface area contributed by atoms with Crippen LogP contribution >= 0.6 is 23.1 Å². The zero-order valence-electron chi connectivity index (χ0n) is 18.8. The fraction of sp³-hybridized carbons (Fsp3) is 0.636. The first-order valence-electron chi connectivity index (χ1n) is 11.3. The number of anilines is 1. The molecule has 2 aromatic heterocycles. The van der Waals surface area contributed by atoms with E-state index in [1.54, 1.807) is 6.92 Å². The van der Waals surface area contributed by atoms with Crippen molar-refractivity contribution < 1.29 is 19.1 Å². The van der Waals surface area contributed by atoms with Crippen molar-refractivity contribution in [1.29, 1.82) is 0 Å². The van der Waals surface area contributed by atoms with E-state index in [1.807, 2.05) is 0 Å². The lowest BCUT2D eigenvalue weighted by atomic mass is 10.1. The summed E-state index contributed by atoms with van der Waals surface area (Å²) >= 11 is 2.86. The molecule has 0 bridgehead atoms. The van der Waals surface area contributed by atoms with E-state index in [4.69, 9.17) is 9.47 Å². The molecule has 0 aromatic carbocycles. The third kappa shape index (κ3) is 5.02. The van der Waals surface area contributed by atoms with Crippen molar-refractivity contribution in [3.8, 4) is 0 Å². The van der Waals surface area contributed by atoms with Crippen LogP contribution in [0.4, 0.5) is 5.00 Å². The van der Waals surface area contributed by atoms with Crippen molar-refractivity contribution in [3.63, 3.8) is 0 Å². The van der Waals surface area contributed by atoms with Gasteiger partial charge in [0.2, 0.25) is 5.91 Å². The van der Waals surface area contributed by atoms with Gasteiger partial charge in [0, 0.05) is 17.4 Å². The van der Waals surface area contributed by atoms with E-state index in [2.05, 4.69) is 33.9 Å². The highest BCUT2D eigenvalue weighted by Gasteiger charge is 2.28. The number of carbonyl (C=O) groups excluding carboxylic acids is 2. The van der Waals surface area contributed by atoms with Gasteiger partial charge in [-0.2, -0.15) is 0 Å². The summed E-state index contributed by atoms with van der Waals surface area (Å²) in [6.07, 6.45) is 5.10. The molecule has 1 atom stereocenters. The third-order valence-corrected chi connectivity index (χ3v) is 7.83. The molecule has 1 aliphatic heterocycles. The maximum absolute atomic E-state index is 12.8. The Labute approximate surface area is 196 Å². The SMILES string of the molecule is CCOC(=O)c1c(NC(=O)CSc2nnc(C(C)C)n2CC2CCCO2)sc2c1CCC2. The minimum absolute atomic E-state index is 0.164. The Morgan fingerprint density at radius 2 is 2.16 bits per heavy atom. The molecule has 32 heavy (non-hydrogen) atoms. The number of esters is 1. The molecule has 1 fully saturated rings. The van der Waals surface area contributed by atoms with Gasteiger partial charge in [-0.1, -0.05) is 25.6 Å². The number of rotatable bonds is 9. The first-order chi connectivity index (χ1) is 15.5. The number of fused-ring (bicyclic) bond motifs is 1. The number of aryl methyl sites for hydroxylation is 1. The predicted molar refractivity (Wildman–Crippen MR) is 125 cm³/mol. The number of hydrogen-bond donors (Lipinski definition) is 1. The number of nitrogens with zero attached hydrogens (tertiary/aromatic N) is 3. The number of amides is 1. The zero-order chi connectivity index (χ0) is 22.7. The number of hydrogen-bond acceptors (Lipinski definition) is 8. The predicted octanol–water partition coefficient (Wildman–Crippen LogP) is 4.04. The van der Waals surface area contributed by atoms with Crippen LogP contribution in [0.5, 0.6) is 0 Å². The van der Waals surface area contributed by atoms with Crippen LogP contribution in [-0.4, -0.2) is 51.7 Å². The van der Waals surface area contributed by atoms with E-state index in [-0.39, 0.29) is 29.7 Å². The van der Waals surface area contributed by atoms with Gasteiger partial charge in [0.15, 0.2) is 5.16 Å². The summed E-state index contributed by atoms with van der Waals surface area (Å²) < 4.78 is 13.1. The highest BCUT2D eigenvalue weighted by atomic mass is 32.2. The van der Waals surface area contributed by atoms with Gasteiger partial charge < -0.3 is 19.4 Å². The van der Waals surface area contributed by atoms with Gasteiger partial charge in [-0.15, -0.1) is 21.5 Å². The van der Waals surface area contributed by atoms with Gasteiger partial charge >= 0.3 is 5.97 Å². The fourth-order valence-electron chi connectivity index (χ4n) is 4.20. The minimum atomic E-state index is -0.354. The number of carbonyl (C=O) groups is 2. The highest BCUT2D eigenvalue weighted by Crippen LogP contribution is 2.39. The molecule has 1 N–H and O–H groups in total. The molecule has 8 nitrogen and oxygen atoms in total. The number of ether oxygens (including phenoxy) is 2. The Kier molecular flexibility index (Phi) is 7.52. The molecule has 1 aliphatic carbocycles. The summed E-state index contributed by atoms with van der Waals surface area (Å²) in [6, 6.07) is 0. The van der Waals surface area contributed by atoms with Gasteiger partial charge in [0.1, 0.15) is 10.8 Å². The lowest BCUT2D eigenvalue weighted by molar-refractivity contribution is -0.113.